The van der Waals surface area contributed by atoms with Gasteiger partial charge < -0.3 is 10.1 Å². The highest BCUT2D eigenvalue weighted by Gasteiger charge is 2.55. The molecule has 1 amide bonds. The fourth-order valence-electron chi connectivity index (χ4n) is 5.89. The van der Waals surface area contributed by atoms with Crippen LogP contribution in [0.25, 0.3) is 11.1 Å². The second-order valence-corrected chi connectivity index (χ2v) is 11.4. The number of amides is 1. The topological polar surface area (TPSA) is 55.4 Å². The van der Waals surface area contributed by atoms with Gasteiger partial charge in [0.25, 0.3) is 5.91 Å². The number of hydrogen-bond acceptors (Lipinski definition) is 4. The molecule has 3 aromatic rings. The van der Waals surface area contributed by atoms with Gasteiger partial charge in [-0.1, -0.05) is 54.6 Å². The number of nitrogens with one attached hydrogen (secondary N) is 1. The van der Waals surface area contributed by atoms with E-state index in [1.54, 1.807) is 11.3 Å². The van der Waals surface area contributed by atoms with Crippen LogP contribution in [0, 0.1) is 25.2 Å². The van der Waals surface area contributed by atoms with Crippen LogP contribution in [0.1, 0.15) is 56.9 Å². The zero-order chi connectivity index (χ0) is 23.9. The van der Waals surface area contributed by atoms with Crippen molar-refractivity contribution in [1.82, 2.24) is 5.32 Å². The van der Waals surface area contributed by atoms with Crippen molar-refractivity contribution in [1.29, 1.82) is 0 Å². The Labute approximate surface area is 205 Å². The molecule has 176 valence electrons. The standard InChI is InChI=1S/C29H31NO3S/c1-18-25(13-20-9-11-22(12-10-20)21-7-5-4-6-8-21)26(19(2)34-18)27(31)30-24-16-29(17-24)14-23(15-29)28(32)33-3/h4-12,23-24H,13-17H2,1-3H3,(H,30,31). The second-order valence-electron chi connectivity index (χ2n) is 10.0. The van der Waals surface area contributed by atoms with E-state index < -0.39 is 0 Å². The third-order valence-electron chi connectivity index (χ3n) is 7.64. The summed E-state index contributed by atoms with van der Waals surface area (Å²) in [6, 6.07) is 19.2. The van der Waals surface area contributed by atoms with Crippen molar-refractivity contribution in [3.8, 4) is 11.1 Å². The normalized spacial score (nSPS) is 23.1. The van der Waals surface area contributed by atoms with Crippen LogP contribution in [-0.4, -0.2) is 25.0 Å². The van der Waals surface area contributed by atoms with Crippen LogP contribution in [0.5, 0.6) is 0 Å². The smallest absolute Gasteiger partial charge is 0.308 e. The molecule has 34 heavy (non-hydrogen) atoms. The van der Waals surface area contributed by atoms with E-state index in [1.165, 1.54) is 28.7 Å². The number of carbonyl (C=O) groups excluding carboxylic acids is 2. The predicted molar refractivity (Wildman–Crippen MR) is 136 cm³/mol. The molecule has 1 N–H and O–H groups in total. The van der Waals surface area contributed by atoms with Crippen molar-refractivity contribution < 1.29 is 14.3 Å². The number of ether oxygens (including phenoxy) is 1. The molecule has 2 aliphatic rings. The Balaban J connectivity index is 1.24. The average Bonchev–Trinajstić information content (AvgIpc) is 3.07. The molecule has 1 spiro atoms. The van der Waals surface area contributed by atoms with Gasteiger partial charge in [-0.15, -0.1) is 11.3 Å². The Bertz CT molecular complexity index is 1200. The van der Waals surface area contributed by atoms with Gasteiger partial charge in [-0.3, -0.25) is 9.59 Å². The van der Waals surface area contributed by atoms with Crippen LogP contribution in [-0.2, 0) is 16.0 Å². The van der Waals surface area contributed by atoms with E-state index in [2.05, 4.69) is 60.8 Å². The molecule has 0 atom stereocenters. The first-order valence-corrected chi connectivity index (χ1v) is 12.8. The first-order valence-electron chi connectivity index (χ1n) is 12.0. The number of thiophene rings is 1. The van der Waals surface area contributed by atoms with Gasteiger partial charge in [0, 0.05) is 15.8 Å². The summed E-state index contributed by atoms with van der Waals surface area (Å²) in [6.07, 6.45) is 4.47. The van der Waals surface area contributed by atoms with E-state index in [9.17, 15) is 9.59 Å². The molecule has 2 fully saturated rings. The van der Waals surface area contributed by atoms with E-state index in [0.717, 1.165) is 48.1 Å². The summed E-state index contributed by atoms with van der Waals surface area (Å²) >= 11 is 1.71. The molecule has 4 nitrogen and oxygen atoms in total. The molecule has 2 aliphatic carbocycles. The summed E-state index contributed by atoms with van der Waals surface area (Å²) in [7, 11) is 1.46. The number of methoxy groups -OCH3 is 1. The zero-order valence-electron chi connectivity index (χ0n) is 20.0. The van der Waals surface area contributed by atoms with Gasteiger partial charge in [-0.05, 0) is 73.6 Å². The molecule has 0 bridgehead atoms. The van der Waals surface area contributed by atoms with Gasteiger partial charge in [0.1, 0.15) is 0 Å². The third kappa shape index (κ3) is 4.29. The predicted octanol–water partition coefficient (Wildman–Crippen LogP) is 6.08. The maximum atomic E-state index is 13.3. The van der Waals surface area contributed by atoms with Gasteiger partial charge >= 0.3 is 5.97 Å². The minimum Gasteiger partial charge on any atom is -0.469 e. The third-order valence-corrected chi connectivity index (χ3v) is 8.70. The summed E-state index contributed by atoms with van der Waals surface area (Å²) < 4.78 is 4.86. The maximum absolute atomic E-state index is 13.3. The highest BCUT2D eigenvalue weighted by atomic mass is 32.1. The zero-order valence-corrected chi connectivity index (χ0v) is 20.8. The largest absolute Gasteiger partial charge is 0.469 e. The second kappa shape index (κ2) is 9.03. The van der Waals surface area contributed by atoms with Crippen LogP contribution in [0.15, 0.2) is 54.6 Å². The van der Waals surface area contributed by atoms with Crippen molar-refractivity contribution in [2.24, 2.45) is 11.3 Å². The van der Waals surface area contributed by atoms with E-state index in [4.69, 9.17) is 4.74 Å². The lowest BCUT2D eigenvalue weighted by atomic mass is 9.50. The van der Waals surface area contributed by atoms with Gasteiger partial charge in [0.15, 0.2) is 0 Å². The molecule has 0 aliphatic heterocycles. The molecular formula is C29H31NO3S. The molecule has 5 rings (SSSR count). The quantitative estimate of drug-likeness (QED) is 0.441. The number of esters is 1. The monoisotopic (exact) mass is 473 g/mol. The van der Waals surface area contributed by atoms with Crippen molar-refractivity contribution >= 4 is 23.2 Å². The van der Waals surface area contributed by atoms with E-state index >= 15 is 0 Å². The van der Waals surface area contributed by atoms with Crippen LogP contribution >= 0.6 is 11.3 Å². The minimum atomic E-state index is -0.0936. The lowest BCUT2D eigenvalue weighted by Crippen LogP contribution is -2.57. The van der Waals surface area contributed by atoms with Crippen molar-refractivity contribution in [2.45, 2.75) is 52.0 Å². The highest BCUT2D eigenvalue weighted by Crippen LogP contribution is 2.59. The van der Waals surface area contributed by atoms with E-state index in [0.29, 0.717) is 0 Å². The van der Waals surface area contributed by atoms with Crippen LogP contribution in [0.4, 0.5) is 0 Å². The molecule has 2 aromatic carbocycles. The van der Waals surface area contributed by atoms with Crippen molar-refractivity contribution in [3.63, 3.8) is 0 Å². The van der Waals surface area contributed by atoms with Gasteiger partial charge in [-0.25, -0.2) is 0 Å². The van der Waals surface area contributed by atoms with Crippen LogP contribution < -0.4 is 5.32 Å². The van der Waals surface area contributed by atoms with Gasteiger partial charge in [0.2, 0.25) is 0 Å². The van der Waals surface area contributed by atoms with E-state index in [1.807, 2.05) is 13.0 Å². The molecule has 0 saturated heterocycles. The fraction of sp³-hybridized carbons (Fsp3) is 0.379. The molecule has 2 saturated carbocycles. The molecule has 0 unspecified atom stereocenters. The summed E-state index contributed by atoms with van der Waals surface area (Å²) in [5.41, 5.74) is 5.83. The summed E-state index contributed by atoms with van der Waals surface area (Å²) in [5, 5.41) is 3.28. The Kier molecular flexibility index (Phi) is 6.07. The summed E-state index contributed by atoms with van der Waals surface area (Å²) in [4.78, 5) is 27.3. The highest BCUT2D eigenvalue weighted by molar-refractivity contribution is 7.12. The Hall–Kier alpha value is -2.92. The first kappa shape index (κ1) is 22.9. The van der Waals surface area contributed by atoms with Crippen LogP contribution in [0.2, 0.25) is 0 Å². The van der Waals surface area contributed by atoms with Crippen molar-refractivity contribution in [2.75, 3.05) is 7.11 Å². The molecule has 5 heteroatoms. The molecular weight excluding hydrogens is 442 g/mol. The van der Waals surface area contributed by atoms with Crippen molar-refractivity contribution in [3.05, 3.63) is 81.0 Å². The maximum Gasteiger partial charge on any atom is 0.308 e. The number of benzene rings is 2. The van der Waals surface area contributed by atoms with Crippen LogP contribution in [0.3, 0.4) is 0 Å². The number of aryl methyl sites for hydroxylation is 2. The lowest BCUT2D eigenvalue weighted by molar-refractivity contribution is -0.159. The minimum absolute atomic E-state index is 0.0430. The Morgan fingerprint density at radius 1 is 0.941 bits per heavy atom. The number of rotatable bonds is 6. The van der Waals surface area contributed by atoms with Gasteiger partial charge in [-0.2, -0.15) is 0 Å². The number of carbonyl (C=O) groups is 2. The van der Waals surface area contributed by atoms with Gasteiger partial charge in [0.05, 0.1) is 18.6 Å². The average molecular weight is 474 g/mol. The summed E-state index contributed by atoms with van der Waals surface area (Å²) in [5.74, 6) is -0.00586. The Morgan fingerprint density at radius 2 is 1.59 bits per heavy atom. The fourth-order valence-corrected chi connectivity index (χ4v) is 6.96. The van der Waals surface area contributed by atoms with E-state index in [-0.39, 0.29) is 29.3 Å². The lowest BCUT2D eigenvalue weighted by Gasteiger charge is -2.56. The Morgan fingerprint density at radius 3 is 2.24 bits per heavy atom. The SMILES string of the molecule is COC(=O)C1CC2(CC(NC(=O)c3c(C)sc(C)c3Cc3ccc(-c4ccccc4)cc3)C2)C1. The first-order chi connectivity index (χ1) is 16.4. The number of hydrogen-bond donors (Lipinski definition) is 1. The molecule has 0 radical (unpaired) electrons. The molecule has 1 heterocycles. The molecule has 1 aromatic heterocycles. The summed E-state index contributed by atoms with van der Waals surface area (Å²) in [6.45, 7) is 4.16.